The molecule has 9 heteroatoms. The van der Waals surface area contributed by atoms with Crippen molar-refractivity contribution in [2.24, 2.45) is 0 Å². The summed E-state index contributed by atoms with van der Waals surface area (Å²) in [6.07, 6.45) is 1.82. The number of hydrogen-bond acceptors (Lipinski definition) is 6. The molecular weight excluding hydrogens is 408 g/mol. The van der Waals surface area contributed by atoms with Crippen molar-refractivity contribution in [1.82, 2.24) is 14.2 Å². The third kappa shape index (κ3) is 5.03. The third-order valence-electron chi connectivity index (χ3n) is 5.02. The highest BCUT2D eigenvalue weighted by Gasteiger charge is 2.28. The summed E-state index contributed by atoms with van der Waals surface area (Å²) in [6, 6.07) is 6.47. The Morgan fingerprint density at radius 3 is 2.59 bits per heavy atom. The zero-order valence-corrected chi connectivity index (χ0v) is 18.8. The Balaban J connectivity index is 1.75. The molecule has 0 unspecified atom stereocenters. The number of aromatic nitrogens is 1. The van der Waals surface area contributed by atoms with Gasteiger partial charge < -0.3 is 10.2 Å². The molecule has 0 bridgehead atoms. The number of sulfonamides is 1. The summed E-state index contributed by atoms with van der Waals surface area (Å²) in [5, 5.41) is 3.77. The van der Waals surface area contributed by atoms with Crippen LogP contribution in [0.2, 0.25) is 0 Å². The molecule has 1 amide bonds. The smallest absolute Gasteiger partial charge is 0.267 e. The lowest BCUT2D eigenvalue weighted by atomic mass is 10.3. The molecule has 1 fully saturated rings. The van der Waals surface area contributed by atoms with Crippen LogP contribution in [0, 0.1) is 6.92 Å². The zero-order valence-electron chi connectivity index (χ0n) is 17.1. The standard InChI is InChI=1S/C20H28N4O3S2/c1-4-7-18-21-15(3)19(28-18)20(25)22-16-8-6-9-17(14-16)29(26,27)24-12-10-23(5-2)11-13-24/h6,8-9,14H,4-5,7,10-13H2,1-3H3,(H,22,25). The molecule has 1 aliphatic heterocycles. The maximum absolute atomic E-state index is 13.0. The lowest BCUT2D eigenvalue weighted by Crippen LogP contribution is -2.48. The van der Waals surface area contributed by atoms with Gasteiger partial charge in [-0.3, -0.25) is 4.79 Å². The van der Waals surface area contributed by atoms with Gasteiger partial charge in [-0.05, 0) is 44.5 Å². The number of likely N-dealkylation sites (N-methyl/N-ethyl adjacent to an activating group) is 1. The number of amides is 1. The van der Waals surface area contributed by atoms with Crippen LogP contribution in [0.25, 0.3) is 0 Å². The minimum Gasteiger partial charge on any atom is -0.321 e. The van der Waals surface area contributed by atoms with Crippen LogP contribution in [-0.4, -0.2) is 61.2 Å². The Morgan fingerprint density at radius 2 is 1.93 bits per heavy atom. The number of nitrogens with one attached hydrogen (secondary N) is 1. The highest BCUT2D eigenvalue weighted by molar-refractivity contribution is 7.89. The van der Waals surface area contributed by atoms with E-state index in [1.165, 1.54) is 21.7 Å². The van der Waals surface area contributed by atoms with Crippen molar-refractivity contribution in [3.63, 3.8) is 0 Å². The predicted molar refractivity (Wildman–Crippen MR) is 116 cm³/mol. The van der Waals surface area contributed by atoms with E-state index in [0.29, 0.717) is 29.3 Å². The van der Waals surface area contributed by atoms with Gasteiger partial charge in [0, 0.05) is 31.9 Å². The van der Waals surface area contributed by atoms with Crippen molar-refractivity contribution in [3.05, 3.63) is 39.8 Å². The van der Waals surface area contributed by atoms with Crippen LogP contribution in [0.5, 0.6) is 0 Å². The maximum atomic E-state index is 13.0. The summed E-state index contributed by atoms with van der Waals surface area (Å²) in [5.41, 5.74) is 1.17. The molecule has 1 saturated heterocycles. The fourth-order valence-electron chi connectivity index (χ4n) is 3.34. The van der Waals surface area contributed by atoms with Gasteiger partial charge in [-0.1, -0.05) is 19.9 Å². The van der Waals surface area contributed by atoms with E-state index in [1.807, 2.05) is 6.92 Å². The monoisotopic (exact) mass is 436 g/mol. The lowest BCUT2D eigenvalue weighted by Gasteiger charge is -2.33. The first-order valence-corrected chi connectivity index (χ1v) is 12.2. The molecule has 158 valence electrons. The molecule has 0 saturated carbocycles. The molecule has 0 atom stereocenters. The molecule has 1 N–H and O–H groups in total. The number of anilines is 1. The van der Waals surface area contributed by atoms with Crippen LogP contribution in [-0.2, 0) is 16.4 Å². The topological polar surface area (TPSA) is 82.6 Å². The SMILES string of the molecule is CCCc1nc(C)c(C(=O)Nc2cccc(S(=O)(=O)N3CCN(CC)CC3)c2)s1. The van der Waals surface area contributed by atoms with E-state index in [-0.39, 0.29) is 10.8 Å². The molecule has 7 nitrogen and oxygen atoms in total. The number of carbonyl (C=O) groups is 1. The zero-order chi connectivity index (χ0) is 21.0. The number of nitrogens with zero attached hydrogens (tertiary/aromatic N) is 3. The van der Waals surface area contributed by atoms with Crippen molar-refractivity contribution in [1.29, 1.82) is 0 Å². The summed E-state index contributed by atoms with van der Waals surface area (Å²) in [6.45, 7) is 9.32. The lowest BCUT2D eigenvalue weighted by molar-refractivity contribution is 0.102. The van der Waals surface area contributed by atoms with Crippen LogP contribution in [0.4, 0.5) is 5.69 Å². The fourth-order valence-corrected chi connectivity index (χ4v) is 5.87. The third-order valence-corrected chi connectivity index (χ3v) is 8.13. The van der Waals surface area contributed by atoms with Crippen molar-refractivity contribution in [2.45, 2.75) is 38.5 Å². The number of hydrogen-bond donors (Lipinski definition) is 1. The van der Waals surface area contributed by atoms with Crippen LogP contribution in [0.15, 0.2) is 29.2 Å². The molecule has 0 radical (unpaired) electrons. The number of aryl methyl sites for hydroxylation is 2. The van der Waals surface area contributed by atoms with Crippen molar-refractivity contribution in [2.75, 3.05) is 38.0 Å². The highest BCUT2D eigenvalue weighted by atomic mass is 32.2. The molecule has 2 aromatic rings. The van der Waals surface area contributed by atoms with Gasteiger partial charge >= 0.3 is 0 Å². The van der Waals surface area contributed by atoms with Crippen LogP contribution >= 0.6 is 11.3 Å². The molecule has 1 aliphatic rings. The number of benzene rings is 1. The molecule has 1 aromatic carbocycles. The van der Waals surface area contributed by atoms with E-state index >= 15 is 0 Å². The number of piperazine rings is 1. The van der Waals surface area contributed by atoms with Crippen LogP contribution in [0.3, 0.4) is 0 Å². The Bertz CT molecular complexity index is 964. The second-order valence-electron chi connectivity index (χ2n) is 7.09. The Morgan fingerprint density at radius 1 is 1.21 bits per heavy atom. The second kappa shape index (κ2) is 9.34. The highest BCUT2D eigenvalue weighted by Crippen LogP contribution is 2.24. The molecule has 3 rings (SSSR count). The molecular formula is C20H28N4O3S2. The number of carbonyl (C=O) groups excluding carboxylic acids is 1. The van der Waals surface area contributed by atoms with Crippen molar-refractivity contribution in [3.8, 4) is 0 Å². The van der Waals surface area contributed by atoms with Crippen molar-refractivity contribution < 1.29 is 13.2 Å². The van der Waals surface area contributed by atoms with E-state index in [2.05, 4.69) is 29.0 Å². The quantitative estimate of drug-likeness (QED) is 0.722. The van der Waals surface area contributed by atoms with E-state index in [1.54, 1.807) is 18.2 Å². The summed E-state index contributed by atoms with van der Waals surface area (Å²) in [5.74, 6) is -0.256. The Hall–Kier alpha value is -1.81. The summed E-state index contributed by atoms with van der Waals surface area (Å²) in [4.78, 5) is 20.1. The number of rotatable bonds is 7. The van der Waals surface area contributed by atoms with Gasteiger partial charge in [0.25, 0.3) is 5.91 Å². The first-order chi connectivity index (χ1) is 13.8. The Labute approximate surface area is 176 Å². The van der Waals surface area contributed by atoms with E-state index in [4.69, 9.17) is 0 Å². The maximum Gasteiger partial charge on any atom is 0.267 e. The van der Waals surface area contributed by atoms with Gasteiger partial charge in [0.2, 0.25) is 10.0 Å². The fraction of sp³-hybridized carbons (Fsp3) is 0.500. The minimum atomic E-state index is -3.58. The normalized spacial score (nSPS) is 16.1. The van der Waals surface area contributed by atoms with Crippen molar-refractivity contribution >= 4 is 33.0 Å². The molecule has 2 heterocycles. The van der Waals surface area contributed by atoms with Crippen LogP contribution in [0.1, 0.15) is 40.6 Å². The van der Waals surface area contributed by atoms with Gasteiger partial charge in [-0.2, -0.15) is 4.31 Å². The van der Waals surface area contributed by atoms with E-state index < -0.39 is 10.0 Å². The first kappa shape index (κ1) is 21.9. The average Bonchev–Trinajstić information content (AvgIpc) is 3.09. The largest absolute Gasteiger partial charge is 0.321 e. The van der Waals surface area contributed by atoms with Gasteiger partial charge in [0.15, 0.2) is 0 Å². The predicted octanol–water partition coefficient (Wildman–Crippen LogP) is 2.98. The van der Waals surface area contributed by atoms with Crippen LogP contribution < -0.4 is 5.32 Å². The summed E-state index contributed by atoms with van der Waals surface area (Å²) in [7, 11) is -3.58. The number of thiazole rings is 1. The molecule has 1 aromatic heterocycles. The first-order valence-electron chi connectivity index (χ1n) is 9.95. The Kier molecular flexibility index (Phi) is 7.05. The van der Waals surface area contributed by atoms with Gasteiger partial charge in [-0.25, -0.2) is 13.4 Å². The molecule has 29 heavy (non-hydrogen) atoms. The summed E-state index contributed by atoms with van der Waals surface area (Å²) < 4.78 is 27.5. The van der Waals surface area contributed by atoms with E-state index in [0.717, 1.165) is 37.5 Å². The average molecular weight is 437 g/mol. The second-order valence-corrected chi connectivity index (χ2v) is 10.1. The van der Waals surface area contributed by atoms with Gasteiger partial charge in [0.1, 0.15) is 4.88 Å². The molecule has 0 spiro atoms. The van der Waals surface area contributed by atoms with Gasteiger partial charge in [0.05, 0.1) is 15.6 Å². The summed E-state index contributed by atoms with van der Waals surface area (Å²) >= 11 is 1.39. The van der Waals surface area contributed by atoms with Gasteiger partial charge in [-0.15, -0.1) is 11.3 Å². The molecule has 0 aliphatic carbocycles. The van der Waals surface area contributed by atoms with E-state index in [9.17, 15) is 13.2 Å². The minimum absolute atomic E-state index is 0.202.